The zero-order chi connectivity index (χ0) is 13.0. The number of carbonyl (C=O) groups is 1. The number of nitrogens with one attached hydrogen (secondary N) is 1. The van der Waals surface area contributed by atoms with Gasteiger partial charge in [-0.2, -0.15) is 0 Å². The first-order chi connectivity index (χ1) is 8.70. The Balaban J connectivity index is 1.71. The first-order valence-corrected chi connectivity index (χ1v) is 7.68. The lowest BCUT2D eigenvalue weighted by atomic mass is 9.83. The quantitative estimate of drug-likeness (QED) is 0.806. The van der Waals surface area contributed by atoms with E-state index in [0.29, 0.717) is 18.4 Å². The van der Waals surface area contributed by atoms with E-state index in [1.165, 1.54) is 32.1 Å². The molecule has 0 radical (unpaired) electrons. The van der Waals surface area contributed by atoms with Crippen molar-refractivity contribution < 1.29 is 4.79 Å². The molecule has 2 aliphatic carbocycles. The van der Waals surface area contributed by atoms with Crippen molar-refractivity contribution in [1.29, 1.82) is 0 Å². The van der Waals surface area contributed by atoms with Gasteiger partial charge in [0.1, 0.15) is 0 Å². The van der Waals surface area contributed by atoms with Gasteiger partial charge in [-0.3, -0.25) is 4.79 Å². The summed E-state index contributed by atoms with van der Waals surface area (Å²) in [4.78, 5) is 12.2. The van der Waals surface area contributed by atoms with Crippen molar-refractivity contribution in [2.45, 2.75) is 51.9 Å². The molecule has 0 bridgehead atoms. The van der Waals surface area contributed by atoms with Crippen molar-refractivity contribution in [1.82, 2.24) is 5.32 Å². The van der Waals surface area contributed by atoms with Gasteiger partial charge >= 0.3 is 0 Å². The Kier molecular flexibility index (Phi) is 5.04. The van der Waals surface area contributed by atoms with Gasteiger partial charge in [0.15, 0.2) is 0 Å². The fourth-order valence-corrected chi connectivity index (χ4v) is 3.57. The third kappa shape index (κ3) is 3.47. The number of hydrogen-bond acceptors (Lipinski definition) is 2. The van der Waals surface area contributed by atoms with E-state index in [1.54, 1.807) is 0 Å². The van der Waals surface area contributed by atoms with Crippen LogP contribution in [-0.4, -0.2) is 19.0 Å². The molecule has 18 heavy (non-hydrogen) atoms. The van der Waals surface area contributed by atoms with Gasteiger partial charge in [0.25, 0.3) is 0 Å². The van der Waals surface area contributed by atoms with Gasteiger partial charge in [-0.15, -0.1) is 0 Å². The summed E-state index contributed by atoms with van der Waals surface area (Å²) in [6.45, 7) is 3.89. The van der Waals surface area contributed by atoms with Crippen LogP contribution in [-0.2, 0) is 4.79 Å². The van der Waals surface area contributed by atoms with Crippen LogP contribution in [0.1, 0.15) is 51.9 Å². The van der Waals surface area contributed by atoms with Crippen LogP contribution in [0, 0.1) is 23.7 Å². The van der Waals surface area contributed by atoms with Gasteiger partial charge in [0, 0.05) is 12.5 Å². The highest BCUT2D eigenvalue weighted by Gasteiger charge is 2.32. The van der Waals surface area contributed by atoms with E-state index in [9.17, 15) is 4.79 Å². The van der Waals surface area contributed by atoms with Crippen molar-refractivity contribution in [2.75, 3.05) is 13.1 Å². The van der Waals surface area contributed by atoms with Gasteiger partial charge in [0.2, 0.25) is 5.91 Å². The molecule has 0 spiro atoms. The summed E-state index contributed by atoms with van der Waals surface area (Å²) in [5.74, 6) is 2.48. The summed E-state index contributed by atoms with van der Waals surface area (Å²) >= 11 is 0. The topological polar surface area (TPSA) is 55.1 Å². The van der Waals surface area contributed by atoms with Crippen LogP contribution in [0.15, 0.2) is 0 Å². The minimum absolute atomic E-state index is 0.192. The molecule has 2 atom stereocenters. The Morgan fingerprint density at radius 1 is 1.17 bits per heavy atom. The van der Waals surface area contributed by atoms with Gasteiger partial charge < -0.3 is 11.1 Å². The molecular weight excluding hydrogens is 224 g/mol. The second-order valence-corrected chi connectivity index (χ2v) is 6.40. The van der Waals surface area contributed by atoms with Crippen LogP contribution in [0.4, 0.5) is 0 Å². The van der Waals surface area contributed by atoms with Crippen LogP contribution in [0.25, 0.3) is 0 Å². The molecule has 3 heteroatoms. The first-order valence-electron chi connectivity index (χ1n) is 7.68. The van der Waals surface area contributed by atoms with E-state index < -0.39 is 0 Å². The fraction of sp³-hybridized carbons (Fsp3) is 0.933. The molecule has 0 aromatic heterocycles. The lowest BCUT2D eigenvalue weighted by Crippen LogP contribution is -2.38. The zero-order valence-electron chi connectivity index (χ0n) is 11.7. The van der Waals surface area contributed by atoms with E-state index in [1.807, 2.05) is 0 Å². The number of carbonyl (C=O) groups excluding carboxylic acids is 1. The normalized spacial score (nSPS) is 36.6. The van der Waals surface area contributed by atoms with Crippen molar-refractivity contribution in [2.24, 2.45) is 29.4 Å². The monoisotopic (exact) mass is 252 g/mol. The standard InChI is InChI=1S/C15H28N2O/c1-11-5-7-12(8-6-11)10-17-15(18)14-4-2-3-13(14)9-16/h11-14H,2-10,16H2,1H3,(H,17,18). The molecule has 0 aliphatic heterocycles. The van der Waals surface area contributed by atoms with E-state index >= 15 is 0 Å². The van der Waals surface area contributed by atoms with Crippen molar-refractivity contribution in [3.8, 4) is 0 Å². The third-order valence-corrected chi connectivity index (χ3v) is 5.00. The summed E-state index contributed by atoms with van der Waals surface area (Å²) in [6, 6.07) is 0. The Labute approximate surface area is 111 Å². The Hall–Kier alpha value is -0.570. The molecule has 3 nitrogen and oxygen atoms in total. The number of hydrogen-bond donors (Lipinski definition) is 2. The molecule has 0 aromatic carbocycles. The summed E-state index contributed by atoms with van der Waals surface area (Å²) < 4.78 is 0. The highest BCUT2D eigenvalue weighted by atomic mass is 16.1. The Morgan fingerprint density at radius 3 is 2.56 bits per heavy atom. The van der Waals surface area contributed by atoms with E-state index in [2.05, 4.69) is 12.2 Å². The average Bonchev–Trinajstić information content (AvgIpc) is 2.86. The van der Waals surface area contributed by atoms with Crippen molar-refractivity contribution in [3.63, 3.8) is 0 Å². The predicted octanol–water partition coefficient (Wildman–Crippen LogP) is 2.30. The molecule has 2 rings (SSSR count). The molecule has 2 unspecified atom stereocenters. The summed E-state index contributed by atoms with van der Waals surface area (Å²) in [5, 5.41) is 3.18. The molecule has 2 fully saturated rings. The largest absolute Gasteiger partial charge is 0.356 e. The summed E-state index contributed by atoms with van der Waals surface area (Å²) in [6.07, 6.45) is 8.56. The van der Waals surface area contributed by atoms with Crippen LogP contribution in [0.3, 0.4) is 0 Å². The van der Waals surface area contributed by atoms with Gasteiger partial charge in [-0.05, 0) is 50.0 Å². The minimum atomic E-state index is 0.192. The molecular formula is C15H28N2O. The second-order valence-electron chi connectivity index (χ2n) is 6.40. The van der Waals surface area contributed by atoms with Crippen LogP contribution < -0.4 is 11.1 Å². The summed E-state index contributed by atoms with van der Waals surface area (Å²) in [7, 11) is 0. The highest BCUT2D eigenvalue weighted by molar-refractivity contribution is 5.79. The fourth-order valence-electron chi connectivity index (χ4n) is 3.57. The van der Waals surface area contributed by atoms with Crippen LogP contribution >= 0.6 is 0 Å². The third-order valence-electron chi connectivity index (χ3n) is 5.00. The Bertz CT molecular complexity index is 272. The molecule has 104 valence electrons. The SMILES string of the molecule is CC1CCC(CNC(=O)C2CCCC2CN)CC1. The van der Waals surface area contributed by atoms with Gasteiger partial charge in [0.05, 0.1) is 0 Å². The number of rotatable bonds is 4. The molecule has 0 heterocycles. The molecule has 2 saturated carbocycles. The zero-order valence-corrected chi connectivity index (χ0v) is 11.7. The van der Waals surface area contributed by atoms with Gasteiger partial charge in [-0.25, -0.2) is 0 Å². The molecule has 3 N–H and O–H groups in total. The lowest BCUT2D eigenvalue weighted by molar-refractivity contribution is -0.126. The van der Waals surface area contributed by atoms with Gasteiger partial charge in [-0.1, -0.05) is 26.2 Å². The molecule has 1 amide bonds. The second kappa shape index (κ2) is 6.55. The van der Waals surface area contributed by atoms with Crippen molar-refractivity contribution >= 4 is 5.91 Å². The average molecular weight is 252 g/mol. The van der Waals surface area contributed by atoms with E-state index in [-0.39, 0.29) is 11.8 Å². The smallest absolute Gasteiger partial charge is 0.223 e. The lowest BCUT2D eigenvalue weighted by Gasteiger charge is -2.27. The first kappa shape index (κ1) is 13.9. The maximum absolute atomic E-state index is 12.2. The van der Waals surface area contributed by atoms with E-state index in [0.717, 1.165) is 25.3 Å². The Morgan fingerprint density at radius 2 is 1.89 bits per heavy atom. The maximum atomic E-state index is 12.2. The maximum Gasteiger partial charge on any atom is 0.223 e. The molecule has 0 saturated heterocycles. The number of nitrogens with two attached hydrogens (primary N) is 1. The molecule has 2 aliphatic rings. The number of amides is 1. The predicted molar refractivity (Wildman–Crippen MR) is 74.0 cm³/mol. The van der Waals surface area contributed by atoms with Crippen molar-refractivity contribution in [3.05, 3.63) is 0 Å². The summed E-state index contributed by atoms with van der Waals surface area (Å²) in [5.41, 5.74) is 5.74. The van der Waals surface area contributed by atoms with Crippen LogP contribution in [0.5, 0.6) is 0 Å². The van der Waals surface area contributed by atoms with E-state index in [4.69, 9.17) is 5.73 Å². The van der Waals surface area contributed by atoms with Crippen LogP contribution in [0.2, 0.25) is 0 Å². The minimum Gasteiger partial charge on any atom is -0.356 e. The molecule has 0 aromatic rings. The highest BCUT2D eigenvalue weighted by Crippen LogP contribution is 2.31.